The Morgan fingerprint density at radius 3 is 2.29 bits per heavy atom. The predicted molar refractivity (Wildman–Crippen MR) is 66.4 cm³/mol. The predicted octanol–water partition coefficient (Wildman–Crippen LogP) is 0.709. The molecule has 2 amide bonds. The molecule has 5 heteroatoms. The molecule has 0 radical (unpaired) electrons. The summed E-state index contributed by atoms with van der Waals surface area (Å²) in [6.45, 7) is 2.23. The molecule has 0 spiro atoms. The maximum atomic E-state index is 11.7. The van der Waals surface area contributed by atoms with Gasteiger partial charge >= 0.3 is 0 Å². The Morgan fingerprint density at radius 2 is 1.88 bits per heavy atom. The van der Waals surface area contributed by atoms with Crippen molar-refractivity contribution in [3.05, 3.63) is 29.8 Å². The molecule has 92 valence electrons. The van der Waals surface area contributed by atoms with E-state index in [9.17, 15) is 9.59 Å². The van der Waals surface area contributed by atoms with E-state index in [-0.39, 0.29) is 11.8 Å². The number of carbonyl (C=O) groups excluding carboxylic acids is 2. The number of nitrogens with one attached hydrogen (secondary N) is 1. The molecule has 1 aromatic rings. The zero-order valence-corrected chi connectivity index (χ0v) is 9.77. The zero-order valence-electron chi connectivity index (χ0n) is 9.77. The van der Waals surface area contributed by atoms with Gasteiger partial charge in [0.15, 0.2) is 0 Å². The SMILES string of the molecule is CCC(CN)C(=O)Nc1ccc(C(N)=O)cc1. The van der Waals surface area contributed by atoms with Gasteiger partial charge in [-0.1, -0.05) is 6.92 Å². The summed E-state index contributed by atoms with van der Waals surface area (Å²) in [7, 11) is 0. The number of carbonyl (C=O) groups is 2. The molecule has 17 heavy (non-hydrogen) atoms. The lowest BCUT2D eigenvalue weighted by atomic mass is 10.1. The third kappa shape index (κ3) is 3.57. The van der Waals surface area contributed by atoms with Crippen molar-refractivity contribution in [3.8, 4) is 0 Å². The number of hydrogen-bond donors (Lipinski definition) is 3. The monoisotopic (exact) mass is 235 g/mol. The molecule has 5 N–H and O–H groups in total. The highest BCUT2D eigenvalue weighted by atomic mass is 16.2. The number of primary amides is 1. The van der Waals surface area contributed by atoms with Crippen molar-refractivity contribution < 1.29 is 9.59 Å². The van der Waals surface area contributed by atoms with Gasteiger partial charge in [-0.25, -0.2) is 0 Å². The molecule has 0 saturated heterocycles. The highest BCUT2D eigenvalue weighted by molar-refractivity contribution is 5.95. The van der Waals surface area contributed by atoms with E-state index in [1.165, 1.54) is 0 Å². The second-order valence-electron chi connectivity index (χ2n) is 3.77. The first-order valence-electron chi connectivity index (χ1n) is 5.49. The van der Waals surface area contributed by atoms with E-state index in [0.29, 0.717) is 24.2 Å². The van der Waals surface area contributed by atoms with Crippen LogP contribution in [-0.2, 0) is 4.79 Å². The number of anilines is 1. The summed E-state index contributed by atoms with van der Waals surface area (Å²) in [5, 5.41) is 2.74. The Morgan fingerprint density at radius 1 is 1.29 bits per heavy atom. The van der Waals surface area contributed by atoms with E-state index in [1.54, 1.807) is 24.3 Å². The highest BCUT2D eigenvalue weighted by Crippen LogP contribution is 2.11. The summed E-state index contributed by atoms with van der Waals surface area (Å²) in [6, 6.07) is 6.42. The maximum Gasteiger partial charge on any atom is 0.248 e. The Labute approximate surface area is 100 Å². The second kappa shape index (κ2) is 6.00. The van der Waals surface area contributed by atoms with E-state index in [1.807, 2.05) is 6.92 Å². The van der Waals surface area contributed by atoms with Crippen molar-refractivity contribution in [2.45, 2.75) is 13.3 Å². The van der Waals surface area contributed by atoms with Gasteiger partial charge in [0, 0.05) is 17.8 Å². The Kier molecular flexibility index (Phi) is 4.66. The van der Waals surface area contributed by atoms with Gasteiger partial charge < -0.3 is 16.8 Å². The molecule has 0 bridgehead atoms. The van der Waals surface area contributed by atoms with Gasteiger partial charge in [-0.2, -0.15) is 0 Å². The van der Waals surface area contributed by atoms with Crippen LogP contribution in [-0.4, -0.2) is 18.4 Å². The molecule has 1 aromatic carbocycles. The molecule has 5 nitrogen and oxygen atoms in total. The number of benzene rings is 1. The molecule has 0 aromatic heterocycles. The van der Waals surface area contributed by atoms with Crippen LogP contribution in [0.4, 0.5) is 5.69 Å². The number of hydrogen-bond acceptors (Lipinski definition) is 3. The fraction of sp³-hybridized carbons (Fsp3) is 0.333. The minimum Gasteiger partial charge on any atom is -0.366 e. The molecule has 0 heterocycles. The third-order valence-corrected chi connectivity index (χ3v) is 2.59. The number of amides is 2. The van der Waals surface area contributed by atoms with Crippen LogP contribution in [0.3, 0.4) is 0 Å². The molecular weight excluding hydrogens is 218 g/mol. The Bertz CT molecular complexity index is 397. The van der Waals surface area contributed by atoms with Gasteiger partial charge in [-0.3, -0.25) is 9.59 Å². The summed E-state index contributed by atoms with van der Waals surface area (Å²) < 4.78 is 0. The van der Waals surface area contributed by atoms with Crippen molar-refractivity contribution in [1.82, 2.24) is 0 Å². The van der Waals surface area contributed by atoms with E-state index in [0.717, 1.165) is 0 Å². The van der Waals surface area contributed by atoms with E-state index >= 15 is 0 Å². The van der Waals surface area contributed by atoms with Crippen molar-refractivity contribution in [2.24, 2.45) is 17.4 Å². The molecule has 0 fully saturated rings. The van der Waals surface area contributed by atoms with Crippen LogP contribution in [0.25, 0.3) is 0 Å². The van der Waals surface area contributed by atoms with Gasteiger partial charge in [-0.15, -0.1) is 0 Å². The molecule has 1 rings (SSSR count). The fourth-order valence-corrected chi connectivity index (χ4v) is 1.42. The van der Waals surface area contributed by atoms with Gasteiger partial charge in [0.05, 0.1) is 5.92 Å². The second-order valence-corrected chi connectivity index (χ2v) is 3.77. The van der Waals surface area contributed by atoms with Crippen LogP contribution in [0.2, 0.25) is 0 Å². The molecule has 0 aliphatic heterocycles. The summed E-state index contributed by atoms with van der Waals surface area (Å²) in [4.78, 5) is 22.6. The van der Waals surface area contributed by atoms with Crippen LogP contribution in [0.5, 0.6) is 0 Å². The fourth-order valence-electron chi connectivity index (χ4n) is 1.42. The lowest BCUT2D eigenvalue weighted by Crippen LogP contribution is -2.28. The van der Waals surface area contributed by atoms with Crippen LogP contribution in [0, 0.1) is 5.92 Å². The average molecular weight is 235 g/mol. The first-order valence-corrected chi connectivity index (χ1v) is 5.49. The van der Waals surface area contributed by atoms with Gasteiger partial charge in [0.2, 0.25) is 11.8 Å². The average Bonchev–Trinajstić information content (AvgIpc) is 2.31. The number of rotatable bonds is 5. The lowest BCUT2D eigenvalue weighted by molar-refractivity contribution is -0.119. The normalized spacial score (nSPS) is 11.9. The minimum atomic E-state index is -0.490. The topological polar surface area (TPSA) is 98.2 Å². The summed E-state index contributed by atoms with van der Waals surface area (Å²) in [6.07, 6.45) is 0.696. The summed E-state index contributed by atoms with van der Waals surface area (Å²) in [5.74, 6) is -0.788. The minimum absolute atomic E-state index is 0.109. The third-order valence-electron chi connectivity index (χ3n) is 2.59. The van der Waals surface area contributed by atoms with E-state index in [2.05, 4.69) is 5.32 Å². The molecule has 0 aliphatic rings. The molecule has 1 unspecified atom stereocenters. The molecule has 0 saturated carbocycles. The van der Waals surface area contributed by atoms with Crippen molar-refractivity contribution in [1.29, 1.82) is 0 Å². The Balaban J connectivity index is 2.69. The van der Waals surface area contributed by atoms with Crippen LogP contribution in [0.1, 0.15) is 23.7 Å². The van der Waals surface area contributed by atoms with Crippen molar-refractivity contribution in [2.75, 3.05) is 11.9 Å². The smallest absolute Gasteiger partial charge is 0.248 e. The molecule has 1 atom stereocenters. The van der Waals surface area contributed by atoms with E-state index in [4.69, 9.17) is 11.5 Å². The van der Waals surface area contributed by atoms with Gasteiger partial charge in [0.25, 0.3) is 0 Å². The van der Waals surface area contributed by atoms with Crippen molar-refractivity contribution >= 4 is 17.5 Å². The van der Waals surface area contributed by atoms with E-state index < -0.39 is 5.91 Å². The zero-order chi connectivity index (χ0) is 12.8. The number of nitrogens with two attached hydrogens (primary N) is 2. The van der Waals surface area contributed by atoms with Crippen LogP contribution in [0.15, 0.2) is 24.3 Å². The summed E-state index contributed by atoms with van der Waals surface area (Å²) >= 11 is 0. The largest absolute Gasteiger partial charge is 0.366 e. The lowest BCUT2D eigenvalue weighted by Gasteiger charge is -2.12. The first kappa shape index (κ1) is 13.2. The van der Waals surface area contributed by atoms with Crippen LogP contribution < -0.4 is 16.8 Å². The highest BCUT2D eigenvalue weighted by Gasteiger charge is 2.14. The molecular formula is C12H17N3O2. The van der Waals surface area contributed by atoms with Gasteiger partial charge in [0.1, 0.15) is 0 Å². The Hall–Kier alpha value is -1.88. The summed E-state index contributed by atoms with van der Waals surface area (Å²) in [5.41, 5.74) is 11.6. The molecule has 0 aliphatic carbocycles. The quantitative estimate of drug-likeness (QED) is 0.700. The van der Waals surface area contributed by atoms with Crippen molar-refractivity contribution in [3.63, 3.8) is 0 Å². The first-order chi connectivity index (χ1) is 8.08. The van der Waals surface area contributed by atoms with Crippen LogP contribution >= 0.6 is 0 Å². The standard InChI is InChI=1S/C12H17N3O2/c1-2-8(7-13)12(17)15-10-5-3-9(4-6-10)11(14)16/h3-6,8H,2,7,13H2,1H3,(H2,14,16)(H,15,17). The van der Waals surface area contributed by atoms with Gasteiger partial charge in [-0.05, 0) is 30.7 Å². The maximum absolute atomic E-state index is 11.7.